The van der Waals surface area contributed by atoms with Crippen LogP contribution in [0.15, 0.2) is 30.3 Å². The van der Waals surface area contributed by atoms with Crippen LogP contribution in [0.4, 0.5) is 23.7 Å². The predicted octanol–water partition coefficient (Wildman–Crippen LogP) is 2.22. The molecule has 1 rings (SSSR count). The number of carbonyl (C=O) groups excluding carboxylic acids is 2. The van der Waals surface area contributed by atoms with Crippen LogP contribution in [0.1, 0.15) is 13.3 Å². The minimum atomic E-state index is -4.78. The molecule has 0 saturated heterocycles. The van der Waals surface area contributed by atoms with E-state index in [9.17, 15) is 22.8 Å². The van der Waals surface area contributed by atoms with Gasteiger partial charge in [0.1, 0.15) is 0 Å². The predicted molar refractivity (Wildman–Crippen MR) is 66.9 cm³/mol. The van der Waals surface area contributed by atoms with Gasteiger partial charge in [0.2, 0.25) is 12.1 Å². The fourth-order valence-corrected chi connectivity index (χ4v) is 1.28. The standard InChI is InChI=1S/C12H14F3N3O2/c1-2-9(19)17-10(12(13,14)15)18-11(20)16-8-6-4-3-5-7-8/h3-7,10H,2H2,1H3,(H,17,19)(H2,16,18,20). The molecule has 5 nitrogen and oxygen atoms in total. The zero-order chi connectivity index (χ0) is 15.2. The van der Waals surface area contributed by atoms with E-state index >= 15 is 0 Å². The largest absolute Gasteiger partial charge is 0.427 e. The average Bonchev–Trinajstić information content (AvgIpc) is 2.37. The molecule has 20 heavy (non-hydrogen) atoms. The first-order valence-electron chi connectivity index (χ1n) is 5.81. The molecule has 8 heteroatoms. The van der Waals surface area contributed by atoms with Crippen LogP contribution < -0.4 is 16.0 Å². The lowest BCUT2D eigenvalue weighted by molar-refractivity contribution is -0.165. The summed E-state index contributed by atoms with van der Waals surface area (Å²) in [5.41, 5.74) is 0.341. The number of carbonyl (C=O) groups is 2. The highest BCUT2D eigenvalue weighted by Gasteiger charge is 2.41. The first kappa shape index (κ1) is 15.8. The third-order valence-corrected chi connectivity index (χ3v) is 2.26. The highest BCUT2D eigenvalue weighted by Crippen LogP contribution is 2.18. The molecule has 1 unspecified atom stereocenters. The van der Waals surface area contributed by atoms with Crippen molar-refractivity contribution in [1.29, 1.82) is 0 Å². The molecule has 0 heterocycles. The van der Waals surface area contributed by atoms with Gasteiger partial charge in [0.15, 0.2) is 0 Å². The van der Waals surface area contributed by atoms with Crippen LogP contribution in [0, 0.1) is 0 Å². The van der Waals surface area contributed by atoms with Gasteiger partial charge >= 0.3 is 12.2 Å². The van der Waals surface area contributed by atoms with Gasteiger partial charge in [-0.25, -0.2) is 4.79 Å². The highest BCUT2D eigenvalue weighted by molar-refractivity contribution is 5.89. The summed E-state index contributed by atoms with van der Waals surface area (Å²) in [6.07, 6.45) is -7.33. The van der Waals surface area contributed by atoms with E-state index in [0.29, 0.717) is 5.69 Å². The monoisotopic (exact) mass is 289 g/mol. The van der Waals surface area contributed by atoms with E-state index in [-0.39, 0.29) is 6.42 Å². The van der Waals surface area contributed by atoms with E-state index in [1.165, 1.54) is 19.1 Å². The summed E-state index contributed by atoms with van der Waals surface area (Å²) >= 11 is 0. The Morgan fingerprint density at radius 1 is 1.15 bits per heavy atom. The van der Waals surface area contributed by atoms with Gasteiger partial charge in [-0.1, -0.05) is 25.1 Å². The topological polar surface area (TPSA) is 70.2 Å². The fraction of sp³-hybridized carbons (Fsp3) is 0.333. The number of alkyl halides is 3. The molecule has 1 aromatic rings. The van der Waals surface area contributed by atoms with Gasteiger partial charge in [-0.2, -0.15) is 13.2 Å². The van der Waals surface area contributed by atoms with Gasteiger partial charge in [0.05, 0.1) is 0 Å². The number of hydrogen-bond donors (Lipinski definition) is 3. The molecular weight excluding hydrogens is 275 g/mol. The molecule has 0 bridgehead atoms. The maximum atomic E-state index is 12.7. The van der Waals surface area contributed by atoms with Crippen molar-refractivity contribution >= 4 is 17.6 Å². The van der Waals surface area contributed by atoms with E-state index in [0.717, 1.165) is 0 Å². The zero-order valence-electron chi connectivity index (χ0n) is 10.6. The number of halogens is 3. The average molecular weight is 289 g/mol. The molecule has 0 fully saturated rings. The van der Waals surface area contributed by atoms with Gasteiger partial charge in [-0.15, -0.1) is 0 Å². The summed E-state index contributed by atoms with van der Waals surface area (Å²) in [4.78, 5) is 22.5. The van der Waals surface area contributed by atoms with E-state index in [2.05, 4.69) is 5.32 Å². The Kier molecular flexibility index (Phi) is 5.36. The third kappa shape index (κ3) is 5.17. The second kappa shape index (κ2) is 6.78. The van der Waals surface area contributed by atoms with Crippen LogP contribution in [0.2, 0.25) is 0 Å². The molecule has 0 aliphatic rings. The number of para-hydroxylation sites is 1. The summed E-state index contributed by atoms with van der Waals surface area (Å²) in [6.45, 7) is 1.41. The maximum absolute atomic E-state index is 12.7. The second-order valence-corrected chi connectivity index (χ2v) is 3.86. The first-order chi connectivity index (χ1) is 9.32. The van der Waals surface area contributed by atoms with Crippen LogP contribution in [0.5, 0.6) is 0 Å². The Hall–Kier alpha value is -2.25. The molecule has 0 aliphatic carbocycles. The Labute approximate surface area is 113 Å². The van der Waals surface area contributed by atoms with Crippen LogP contribution >= 0.6 is 0 Å². The molecule has 3 amide bonds. The Bertz CT molecular complexity index is 463. The molecule has 3 N–H and O–H groups in total. The number of urea groups is 1. The summed E-state index contributed by atoms with van der Waals surface area (Å²) in [5, 5.41) is 5.59. The molecular formula is C12H14F3N3O2. The van der Waals surface area contributed by atoms with Crippen LogP contribution in [0.25, 0.3) is 0 Å². The lowest BCUT2D eigenvalue weighted by Gasteiger charge is -2.22. The second-order valence-electron chi connectivity index (χ2n) is 3.86. The van der Waals surface area contributed by atoms with Crippen molar-refractivity contribution in [3.8, 4) is 0 Å². The van der Waals surface area contributed by atoms with Crippen molar-refractivity contribution in [2.75, 3.05) is 5.32 Å². The summed E-state index contributed by atoms with van der Waals surface area (Å²) in [5.74, 6) is -0.813. The maximum Gasteiger partial charge on any atom is 0.427 e. The van der Waals surface area contributed by atoms with Gasteiger partial charge in [0.25, 0.3) is 0 Å². The number of anilines is 1. The lowest BCUT2D eigenvalue weighted by atomic mass is 10.3. The smallest absolute Gasteiger partial charge is 0.328 e. The molecule has 0 aliphatic heterocycles. The number of hydrogen-bond acceptors (Lipinski definition) is 2. The zero-order valence-corrected chi connectivity index (χ0v) is 10.6. The third-order valence-electron chi connectivity index (χ3n) is 2.26. The first-order valence-corrected chi connectivity index (χ1v) is 5.81. The number of nitrogens with one attached hydrogen (secondary N) is 3. The van der Waals surface area contributed by atoms with Crippen LogP contribution in [-0.4, -0.2) is 24.3 Å². The van der Waals surface area contributed by atoms with E-state index < -0.39 is 24.3 Å². The molecule has 0 saturated carbocycles. The summed E-state index contributed by atoms with van der Waals surface area (Å²) in [7, 11) is 0. The van der Waals surface area contributed by atoms with Crippen LogP contribution in [0.3, 0.4) is 0 Å². The van der Waals surface area contributed by atoms with Gasteiger partial charge < -0.3 is 16.0 Å². The van der Waals surface area contributed by atoms with Crippen molar-refractivity contribution in [2.45, 2.75) is 25.7 Å². The van der Waals surface area contributed by atoms with Crippen molar-refractivity contribution in [3.05, 3.63) is 30.3 Å². The van der Waals surface area contributed by atoms with Crippen LogP contribution in [-0.2, 0) is 4.79 Å². The van der Waals surface area contributed by atoms with Crippen molar-refractivity contribution in [1.82, 2.24) is 10.6 Å². The molecule has 110 valence electrons. The van der Waals surface area contributed by atoms with Gasteiger partial charge in [-0.3, -0.25) is 4.79 Å². The normalized spacial score (nSPS) is 12.4. The minimum Gasteiger partial charge on any atom is -0.328 e. The molecule has 0 spiro atoms. The number of amides is 3. The van der Waals surface area contributed by atoms with E-state index in [4.69, 9.17) is 0 Å². The fourth-order valence-electron chi connectivity index (χ4n) is 1.28. The summed E-state index contributed by atoms with van der Waals surface area (Å²) < 4.78 is 38.0. The van der Waals surface area contributed by atoms with Gasteiger partial charge in [0, 0.05) is 12.1 Å². The minimum absolute atomic E-state index is 0.117. The lowest BCUT2D eigenvalue weighted by Crippen LogP contribution is -2.57. The molecule has 1 atom stereocenters. The highest BCUT2D eigenvalue weighted by atomic mass is 19.4. The quantitative estimate of drug-likeness (QED) is 0.744. The SMILES string of the molecule is CCC(=O)NC(NC(=O)Nc1ccccc1)C(F)(F)F. The molecule has 0 radical (unpaired) electrons. The Morgan fingerprint density at radius 2 is 1.75 bits per heavy atom. The molecule has 0 aromatic heterocycles. The molecule has 1 aromatic carbocycles. The Morgan fingerprint density at radius 3 is 2.25 bits per heavy atom. The summed E-state index contributed by atoms with van der Waals surface area (Å²) in [6, 6.07) is 6.92. The van der Waals surface area contributed by atoms with Crippen molar-refractivity contribution in [2.24, 2.45) is 0 Å². The van der Waals surface area contributed by atoms with Crippen molar-refractivity contribution < 1.29 is 22.8 Å². The Balaban J connectivity index is 2.65. The number of benzene rings is 1. The van der Waals surface area contributed by atoms with Crippen molar-refractivity contribution in [3.63, 3.8) is 0 Å². The van der Waals surface area contributed by atoms with E-state index in [1.807, 2.05) is 0 Å². The number of rotatable bonds is 4. The van der Waals surface area contributed by atoms with E-state index in [1.54, 1.807) is 28.8 Å². The van der Waals surface area contributed by atoms with Gasteiger partial charge in [-0.05, 0) is 12.1 Å².